The molecule has 6 nitrogen and oxygen atoms in total. The van der Waals surface area contributed by atoms with Gasteiger partial charge < -0.3 is 5.32 Å². The zero-order valence-corrected chi connectivity index (χ0v) is 14.4. The number of carbonyl (C=O) groups is 1. The molecular weight excluding hydrogens is 333 g/mol. The number of amides is 1. The third-order valence-electron chi connectivity index (χ3n) is 3.23. The van der Waals surface area contributed by atoms with E-state index in [0.29, 0.717) is 5.69 Å². The van der Waals surface area contributed by atoms with E-state index in [2.05, 4.69) is 10.4 Å². The molecule has 0 aliphatic carbocycles. The summed E-state index contributed by atoms with van der Waals surface area (Å²) < 4.78 is 39.2. The standard InChI is InChI=1S/C16H20FN3O3S/c1-12(2)11-24(22,23)10-7-15(21)19-16-13(17)5-3-6-14(16)20-9-4-8-18-20/h3-6,8-9,12H,7,10-11H2,1-2H3,(H,19,21). The summed E-state index contributed by atoms with van der Waals surface area (Å²) in [6.07, 6.45) is 2.94. The predicted octanol–water partition coefficient (Wildman–Crippen LogP) is 2.41. The van der Waals surface area contributed by atoms with E-state index in [-0.39, 0.29) is 29.5 Å². The van der Waals surface area contributed by atoms with Gasteiger partial charge in [-0.2, -0.15) is 5.10 Å². The Morgan fingerprint density at radius 3 is 2.71 bits per heavy atom. The largest absolute Gasteiger partial charge is 0.322 e. The van der Waals surface area contributed by atoms with E-state index in [1.54, 1.807) is 32.2 Å². The Balaban J connectivity index is 2.10. The van der Waals surface area contributed by atoms with Gasteiger partial charge in [-0.25, -0.2) is 17.5 Å². The van der Waals surface area contributed by atoms with E-state index < -0.39 is 21.6 Å². The first-order valence-electron chi connectivity index (χ1n) is 7.57. The Morgan fingerprint density at radius 1 is 1.33 bits per heavy atom. The third kappa shape index (κ3) is 4.89. The molecule has 1 aromatic carbocycles. The molecule has 0 radical (unpaired) electrons. The van der Waals surface area contributed by atoms with Gasteiger partial charge in [0.1, 0.15) is 11.5 Å². The first-order valence-corrected chi connectivity index (χ1v) is 9.39. The van der Waals surface area contributed by atoms with Crippen LogP contribution >= 0.6 is 0 Å². The summed E-state index contributed by atoms with van der Waals surface area (Å²) in [6, 6.07) is 6.02. The Labute approximate surface area is 140 Å². The summed E-state index contributed by atoms with van der Waals surface area (Å²) >= 11 is 0. The van der Waals surface area contributed by atoms with Gasteiger partial charge in [-0.15, -0.1) is 0 Å². The molecule has 24 heavy (non-hydrogen) atoms. The molecule has 0 aliphatic rings. The first kappa shape index (κ1) is 18.1. The van der Waals surface area contributed by atoms with E-state index in [1.807, 2.05) is 0 Å². The summed E-state index contributed by atoms with van der Waals surface area (Å²) in [4.78, 5) is 12.0. The van der Waals surface area contributed by atoms with Gasteiger partial charge in [-0.1, -0.05) is 19.9 Å². The Bertz CT molecular complexity index is 802. The average molecular weight is 353 g/mol. The van der Waals surface area contributed by atoms with Crippen molar-refractivity contribution >= 4 is 21.4 Å². The second-order valence-corrected chi connectivity index (χ2v) is 8.12. The van der Waals surface area contributed by atoms with Crippen molar-refractivity contribution in [2.75, 3.05) is 16.8 Å². The molecule has 2 rings (SSSR count). The predicted molar refractivity (Wildman–Crippen MR) is 90.3 cm³/mol. The molecule has 1 amide bonds. The number of halogens is 1. The maximum atomic E-state index is 14.1. The van der Waals surface area contributed by atoms with Crippen LogP contribution < -0.4 is 5.32 Å². The van der Waals surface area contributed by atoms with Crippen LogP contribution in [0.4, 0.5) is 10.1 Å². The second-order valence-electron chi connectivity index (χ2n) is 5.89. The second kappa shape index (κ2) is 7.57. The van der Waals surface area contributed by atoms with Crippen LogP contribution in [0.5, 0.6) is 0 Å². The Hall–Kier alpha value is -2.22. The van der Waals surface area contributed by atoms with Crippen molar-refractivity contribution in [1.29, 1.82) is 0 Å². The van der Waals surface area contributed by atoms with E-state index >= 15 is 0 Å². The fourth-order valence-corrected chi connectivity index (χ4v) is 3.96. The molecule has 0 atom stereocenters. The van der Waals surface area contributed by atoms with Crippen molar-refractivity contribution in [2.24, 2.45) is 5.92 Å². The van der Waals surface area contributed by atoms with Crippen LogP contribution in [0.25, 0.3) is 5.69 Å². The lowest BCUT2D eigenvalue weighted by Crippen LogP contribution is -2.22. The van der Waals surface area contributed by atoms with Crippen molar-refractivity contribution in [3.8, 4) is 5.69 Å². The highest BCUT2D eigenvalue weighted by Gasteiger charge is 2.18. The zero-order chi connectivity index (χ0) is 17.7. The van der Waals surface area contributed by atoms with Crippen LogP contribution in [0.15, 0.2) is 36.7 Å². The Kier molecular flexibility index (Phi) is 5.71. The monoisotopic (exact) mass is 353 g/mol. The number of anilines is 1. The molecule has 1 aromatic heterocycles. The molecule has 0 bridgehead atoms. The molecule has 130 valence electrons. The number of benzene rings is 1. The Morgan fingerprint density at radius 2 is 2.08 bits per heavy atom. The van der Waals surface area contributed by atoms with Gasteiger partial charge in [0.05, 0.1) is 17.2 Å². The molecule has 0 aliphatic heterocycles. The van der Waals surface area contributed by atoms with Gasteiger partial charge in [0.25, 0.3) is 0 Å². The molecular formula is C16H20FN3O3S. The van der Waals surface area contributed by atoms with E-state index in [1.165, 1.54) is 23.0 Å². The summed E-state index contributed by atoms with van der Waals surface area (Å²) in [7, 11) is -3.30. The smallest absolute Gasteiger partial charge is 0.225 e. The van der Waals surface area contributed by atoms with Gasteiger partial charge in [-0.05, 0) is 24.1 Å². The minimum atomic E-state index is -3.30. The third-order valence-corrected chi connectivity index (χ3v) is 5.24. The number of nitrogens with one attached hydrogen (secondary N) is 1. The number of sulfone groups is 1. The fraction of sp³-hybridized carbons (Fsp3) is 0.375. The lowest BCUT2D eigenvalue weighted by molar-refractivity contribution is -0.115. The normalized spacial score (nSPS) is 11.7. The minimum absolute atomic E-state index is 0.00366. The van der Waals surface area contributed by atoms with Crippen LogP contribution in [-0.4, -0.2) is 35.6 Å². The van der Waals surface area contributed by atoms with Crippen molar-refractivity contribution in [3.63, 3.8) is 0 Å². The summed E-state index contributed by atoms with van der Waals surface area (Å²) in [5.41, 5.74) is 0.353. The number of carbonyl (C=O) groups excluding carboxylic acids is 1. The SMILES string of the molecule is CC(C)CS(=O)(=O)CCC(=O)Nc1c(F)cccc1-n1cccn1. The number of rotatable bonds is 7. The first-order chi connectivity index (χ1) is 11.3. The number of nitrogens with zero attached hydrogens (tertiary/aromatic N) is 2. The highest BCUT2D eigenvalue weighted by atomic mass is 32.2. The number of hydrogen-bond acceptors (Lipinski definition) is 4. The van der Waals surface area contributed by atoms with E-state index in [0.717, 1.165) is 0 Å². The lowest BCUT2D eigenvalue weighted by atomic mass is 10.2. The van der Waals surface area contributed by atoms with Crippen LogP contribution in [0, 0.1) is 11.7 Å². The topological polar surface area (TPSA) is 81.1 Å². The molecule has 2 aromatic rings. The molecule has 0 unspecified atom stereocenters. The quantitative estimate of drug-likeness (QED) is 0.829. The lowest BCUT2D eigenvalue weighted by Gasteiger charge is -2.12. The van der Waals surface area contributed by atoms with Crippen LogP contribution in [0.1, 0.15) is 20.3 Å². The van der Waals surface area contributed by atoms with Crippen LogP contribution in [-0.2, 0) is 14.6 Å². The number of aromatic nitrogens is 2. The van der Waals surface area contributed by atoms with Crippen molar-refractivity contribution in [2.45, 2.75) is 20.3 Å². The van der Waals surface area contributed by atoms with Gasteiger partial charge in [0.15, 0.2) is 9.84 Å². The highest BCUT2D eigenvalue weighted by molar-refractivity contribution is 7.91. The van der Waals surface area contributed by atoms with Gasteiger partial charge in [-0.3, -0.25) is 4.79 Å². The minimum Gasteiger partial charge on any atom is -0.322 e. The maximum Gasteiger partial charge on any atom is 0.225 e. The molecule has 0 saturated carbocycles. The van der Waals surface area contributed by atoms with Gasteiger partial charge in [0.2, 0.25) is 5.91 Å². The fourth-order valence-electron chi connectivity index (χ4n) is 2.28. The van der Waals surface area contributed by atoms with Crippen molar-refractivity contribution in [3.05, 3.63) is 42.5 Å². The molecule has 0 fully saturated rings. The van der Waals surface area contributed by atoms with E-state index in [4.69, 9.17) is 0 Å². The van der Waals surface area contributed by atoms with Crippen molar-refractivity contribution in [1.82, 2.24) is 9.78 Å². The maximum absolute atomic E-state index is 14.1. The summed E-state index contributed by atoms with van der Waals surface area (Å²) in [6.45, 7) is 3.60. The summed E-state index contributed by atoms with van der Waals surface area (Å²) in [5.74, 6) is -1.40. The van der Waals surface area contributed by atoms with E-state index in [9.17, 15) is 17.6 Å². The van der Waals surface area contributed by atoms with Crippen LogP contribution in [0.3, 0.4) is 0 Å². The zero-order valence-electron chi connectivity index (χ0n) is 13.6. The average Bonchev–Trinajstić information content (AvgIpc) is 3.00. The van der Waals surface area contributed by atoms with Gasteiger partial charge in [0, 0.05) is 18.8 Å². The number of hydrogen-bond donors (Lipinski definition) is 1. The molecule has 8 heteroatoms. The number of para-hydroxylation sites is 1. The molecule has 0 saturated heterocycles. The summed E-state index contributed by atoms with van der Waals surface area (Å²) in [5, 5.41) is 6.47. The molecule has 1 heterocycles. The molecule has 0 spiro atoms. The van der Waals surface area contributed by atoms with Crippen LogP contribution in [0.2, 0.25) is 0 Å². The van der Waals surface area contributed by atoms with Gasteiger partial charge >= 0.3 is 0 Å². The van der Waals surface area contributed by atoms with Crippen molar-refractivity contribution < 1.29 is 17.6 Å². The molecule has 1 N–H and O–H groups in total. The highest BCUT2D eigenvalue weighted by Crippen LogP contribution is 2.23.